The SMILES string of the molecule is CC(C(Cl)Cl)(P(C1CCCCC1)C1CCCCC1)P(C1CCCCC1)C1CCCCC1. The third kappa shape index (κ3) is 5.99. The molecule has 0 nitrogen and oxygen atoms in total. The summed E-state index contributed by atoms with van der Waals surface area (Å²) in [5.74, 6) is 0. The van der Waals surface area contributed by atoms with Crippen molar-refractivity contribution in [2.75, 3.05) is 0 Å². The minimum atomic E-state index is -0.155. The maximum Gasteiger partial charge on any atom is 0.121 e. The lowest BCUT2D eigenvalue weighted by molar-refractivity contribution is 0.470. The number of hydrogen-bond acceptors (Lipinski definition) is 0. The molecule has 4 heteroatoms. The second-order valence-corrected chi connectivity index (χ2v) is 19.2. The molecule has 0 saturated heterocycles. The van der Waals surface area contributed by atoms with Gasteiger partial charge in [0.05, 0.1) is 0 Å². The predicted molar refractivity (Wildman–Crippen MR) is 145 cm³/mol. The fourth-order valence-corrected chi connectivity index (χ4v) is 20.5. The smallest absolute Gasteiger partial charge is 0.104 e. The molecule has 0 heterocycles. The monoisotopic (exact) mass is 504 g/mol. The Labute approximate surface area is 206 Å². The molecule has 4 rings (SSSR count). The van der Waals surface area contributed by atoms with Gasteiger partial charge in [-0.1, -0.05) is 92.9 Å². The van der Waals surface area contributed by atoms with Crippen molar-refractivity contribution in [2.45, 2.75) is 168 Å². The van der Waals surface area contributed by atoms with Gasteiger partial charge in [-0.25, -0.2) is 0 Å². The van der Waals surface area contributed by atoms with E-state index in [1.165, 1.54) is 128 Å². The Balaban J connectivity index is 1.72. The molecule has 0 aliphatic heterocycles. The minimum Gasteiger partial charge on any atom is -0.104 e. The van der Waals surface area contributed by atoms with Crippen LogP contribution in [0.4, 0.5) is 0 Å². The van der Waals surface area contributed by atoms with Crippen LogP contribution in [0.25, 0.3) is 0 Å². The molecule has 180 valence electrons. The average Bonchev–Trinajstić information content (AvgIpc) is 2.82. The summed E-state index contributed by atoms with van der Waals surface area (Å²) < 4.78 is 0. The Bertz CT molecular complexity index is 439. The van der Waals surface area contributed by atoms with Crippen molar-refractivity contribution in [2.24, 2.45) is 0 Å². The first-order valence-electron chi connectivity index (χ1n) is 14.0. The Morgan fingerprint density at radius 2 is 0.710 bits per heavy atom. The number of rotatable bonds is 7. The van der Waals surface area contributed by atoms with Crippen LogP contribution in [0.1, 0.15) is 135 Å². The van der Waals surface area contributed by atoms with E-state index in [1.807, 2.05) is 0 Å². The first-order valence-corrected chi connectivity index (χ1v) is 17.8. The van der Waals surface area contributed by atoms with Gasteiger partial charge in [-0.05, 0) is 80.9 Å². The zero-order valence-electron chi connectivity index (χ0n) is 20.2. The summed E-state index contributed by atoms with van der Waals surface area (Å²) in [6.07, 6.45) is 29.4. The lowest BCUT2D eigenvalue weighted by Crippen LogP contribution is -2.43. The van der Waals surface area contributed by atoms with Gasteiger partial charge >= 0.3 is 0 Å². The van der Waals surface area contributed by atoms with E-state index < -0.39 is 0 Å². The van der Waals surface area contributed by atoms with Crippen LogP contribution in [0.2, 0.25) is 0 Å². The second kappa shape index (κ2) is 12.4. The molecule has 0 bridgehead atoms. The number of alkyl halides is 2. The van der Waals surface area contributed by atoms with Gasteiger partial charge in [-0.3, -0.25) is 0 Å². The van der Waals surface area contributed by atoms with Crippen LogP contribution >= 0.6 is 39.0 Å². The zero-order chi connectivity index (χ0) is 21.7. The third-order valence-electron chi connectivity index (χ3n) is 9.33. The largest absolute Gasteiger partial charge is 0.121 e. The summed E-state index contributed by atoms with van der Waals surface area (Å²) in [6, 6.07) is 0. The minimum absolute atomic E-state index is 0.106. The van der Waals surface area contributed by atoms with Gasteiger partial charge in [0.2, 0.25) is 0 Å². The van der Waals surface area contributed by atoms with Gasteiger partial charge in [-0.15, -0.1) is 23.2 Å². The normalized spacial score (nSPS) is 26.9. The molecule has 31 heavy (non-hydrogen) atoms. The van der Waals surface area contributed by atoms with Crippen LogP contribution < -0.4 is 0 Å². The van der Waals surface area contributed by atoms with E-state index in [-0.39, 0.29) is 25.6 Å². The highest BCUT2D eigenvalue weighted by Crippen LogP contribution is 2.80. The molecule has 0 unspecified atom stereocenters. The van der Waals surface area contributed by atoms with Crippen molar-refractivity contribution in [1.82, 2.24) is 0 Å². The molecule has 0 aromatic carbocycles. The summed E-state index contributed by atoms with van der Waals surface area (Å²) >= 11 is 14.5. The van der Waals surface area contributed by atoms with Crippen molar-refractivity contribution in [3.8, 4) is 0 Å². The molecule has 0 spiro atoms. The number of halogens is 2. The molecule has 4 aliphatic rings. The van der Waals surface area contributed by atoms with Crippen LogP contribution in [0.15, 0.2) is 0 Å². The van der Waals surface area contributed by atoms with Gasteiger partial charge in [0.1, 0.15) is 4.84 Å². The van der Waals surface area contributed by atoms with E-state index in [1.54, 1.807) is 0 Å². The van der Waals surface area contributed by atoms with E-state index in [0.717, 1.165) is 22.6 Å². The Kier molecular flexibility index (Phi) is 10.2. The summed E-state index contributed by atoms with van der Waals surface area (Å²) in [5.41, 5.74) is 3.81. The molecule has 0 aromatic rings. The molecular weight excluding hydrogens is 457 g/mol. The fraction of sp³-hybridized carbons (Fsp3) is 1.00. The molecule has 0 N–H and O–H groups in total. The average molecular weight is 506 g/mol. The van der Waals surface area contributed by atoms with Gasteiger partial charge in [0, 0.05) is 4.90 Å². The molecule has 0 radical (unpaired) electrons. The first-order chi connectivity index (χ1) is 15.1. The standard InChI is InChI=1S/C27H48Cl2P2/c1-27(26(28)29,30(22-14-6-2-7-15-22)23-16-8-3-9-17-23)31(24-18-10-4-11-19-24)25-20-12-5-13-21-25/h22-26H,2-21H2,1H3. The summed E-state index contributed by atoms with van der Waals surface area (Å²) in [5, 5.41) is 0. The highest BCUT2D eigenvalue weighted by atomic mass is 35.5. The van der Waals surface area contributed by atoms with E-state index in [4.69, 9.17) is 23.2 Å². The van der Waals surface area contributed by atoms with Crippen LogP contribution in [0.3, 0.4) is 0 Å². The Hall–Kier alpha value is 1.44. The van der Waals surface area contributed by atoms with E-state index in [9.17, 15) is 0 Å². The molecule has 4 saturated carbocycles. The van der Waals surface area contributed by atoms with Crippen LogP contribution in [0.5, 0.6) is 0 Å². The first kappa shape index (κ1) is 25.5. The number of hydrogen-bond donors (Lipinski definition) is 0. The lowest BCUT2D eigenvalue weighted by atomic mass is 9.99. The van der Waals surface area contributed by atoms with Crippen LogP contribution in [-0.2, 0) is 0 Å². The van der Waals surface area contributed by atoms with Gasteiger partial charge in [0.25, 0.3) is 0 Å². The van der Waals surface area contributed by atoms with Gasteiger partial charge in [0.15, 0.2) is 0 Å². The lowest BCUT2D eigenvalue weighted by Gasteiger charge is -2.57. The molecular formula is C27H48Cl2P2. The molecule has 0 atom stereocenters. The van der Waals surface area contributed by atoms with E-state index in [2.05, 4.69) is 6.92 Å². The molecule has 0 aromatic heterocycles. The van der Waals surface area contributed by atoms with Crippen molar-refractivity contribution in [3.05, 3.63) is 0 Å². The highest BCUT2D eigenvalue weighted by Gasteiger charge is 2.55. The topological polar surface area (TPSA) is 0 Å². The van der Waals surface area contributed by atoms with Crippen molar-refractivity contribution >= 4 is 39.0 Å². The molecule has 4 fully saturated rings. The van der Waals surface area contributed by atoms with E-state index in [0.29, 0.717) is 0 Å². The molecule has 0 amide bonds. The zero-order valence-corrected chi connectivity index (χ0v) is 23.5. The Morgan fingerprint density at radius 3 is 0.903 bits per heavy atom. The van der Waals surface area contributed by atoms with Crippen LogP contribution in [0, 0.1) is 0 Å². The highest BCUT2D eigenvalue weighted by molar-refractivity contribution is 7.79. The predicted octanol–water partition coefficient (Wildman–Crippen LogP) is 10.8. The van der Waals surface area contributed by atoms with Gasteiger partial charge in [-0.2, -0.15) is 0 Å². The van der Waals surface area contributed by atoms with Crippen molar-refractivity contribution in [1.29, 1.82) is 0 Å². The maximum atomic E-state index is 7.25. The molecule has 4 aliphatic carbocycles. The summed E-state index contributed by atoms with van der Waals surface area (Å²) in [7, 11) is -0.212. The quantitative estimate of drug-likeness (QED) is 0.238. The van der Waals surface area contributed by atoms with Crippen molar-refractivity contribution in [3.63, 3.8) is 0 Å². The maximum absolute atomic E-state index is 7.25. The summed E-state index contributed by atoms with van der Waals surface area (Å²) in [6.45, 7) is 2.68. The van der Waals surface area contributed by atoms with Gasteiger partial charge < -0.3 is 0 Å². The second-order valence-electron chi connectivity index (χ2n) is 11.4. The Morgan fingerprint density at radius 1 is 0.484 bits per heavy atom. The van der Waals surface area contributed by atoms with Crippen molar-refractivity contribution < 1.29 is 0 Å². The fourth-order valence-electron chi connectivity index (χ4n) is 7.87. The van der Waals surface area contributed by atoms with Crippen LogP contribution in [-0.4, -0.2) is 32.4 Å². The third-order valence-corrected chi connectivity index (χ3v) is 20.0. The summed E-state index contributed by atoms with van der Waals surface area (Å²) in [4.78, 5) is 0.0689. The van der Waals surface area contributed by atoms with E-state index >= 15 is 0 Å².